The molecule has 2 aromatic carbocycles. The zero-order valence-corrected chi connectivity index (χ0v) is 17.5. The first-order chi connectivity index (χ1) is 14.8. The highest BCUT2D eigenvalue weighted by atomic mass is 32.1. The van der Waals surface area contributed by atoms with Crippen LogP contribution >= 0.6 is 12.2 Å². The van der Waals surface area contributed by atoms with E-state index in [1.165, 1.54) is 18.2 Å². The molecule has 1 atom stereocenters. The minimum atomic E-state index is -4.46. The van der Waals surface area contributed by atoms with Crippen LogP contribution in [0.5, 0.6) is 0 Å². The van der Waals surface area contributed by atoms with Crippen LogP contribution in [0, 0.1) is 0 Å². The number of piperidine rings is 1. The smallest absolute Gasteiger partial charge is 0.418 e. The molecule has 1 amide bonds. The van der Waals surface area contributed by atoms with Crippen molar-refractivity contribution in [2.45, 2.75) is 31.1 Å². The van der Waals surface area contributed by atoms with Crippen LogP contribution in [0.25, 0.3) is 0 Å². The summed E-state index contributed by atoms with van der Waals surface area (Å²) in [4.78, 5) is 16.0. The number of cyclic esters (lactones) is 1. The predicted molar refractivity (Wildman–Crippen MR) is 115 cm³/mol. The van der Waals surface area contributed by atoms with Gasteiger partial charge in [0.25, 0.3) is 0 Å². The number of alkyl halides is 3. The fourth-order valence-electron chi connectivity index (χ4n) is 4.15. The monoisotopic (exact) mass is 449 g/mol. The van der Waals surface area contributed by atoms with Gasteiger partial charge in [0, 0.05) is 19.1 Å². The molecular weight excluding hydrogens is 427 g/mol. The number of nitrogens with zero attached hydrogens (tertiary/aromatic N) is 2. The number of carbonyl (C=O) groups excluding carboxylic acids is 1. The van der Waals surface area contributed by atoms with Gasteiger partial charge >= 0.3 is 12.3 Å². The van der Waals surface area contributed by atoms with Gasteiger partial charge in [0.2, 0.25) is 0 Å². The first-order valence-corrected chi connectivity index (χ1v) is 10.5. The molecule has 0 spiro atoms. The van der Waals surface area contributed by atoms with Gasteiger partial charge < -0.3 is 15.0 Å². The third kappa shape index (κ3) is 4.61. The molecule has 2 fully saturated rings. The summed E-state index contributed by atoms with van der Waals surface area (Å²) in [5.41, 5.74) is 0.212. The maximum atomic E-state index is 13.2. The van der Waals surface area contributed by atoms with Crippen LogP contribution < -0.4 is 5.32 Å². The highest BCUT2D eigenvalue weighted by Crippen LogP contribution is 2.35. The molecule has 0 saturated carbocycles. The molecule has 164 valence electrons. The lowest BCUT2D eigenvalue weighted by atomic mass is 9.99. The van der Waals surface area contributed by atoms with E-state index in [0.29, 0.717) is 32.5 Å². The number of hydrogen-bond acceptors (Lipinski definition) is 3. The Kier molecular flexibility index (Phi) is 6.04. The Labute approximate surface area is 183 Å². The Bertz CT molecular complexity index is 947. The van der Waals surface area contributed by atoms with Crippen molar-refractivity contribution in [2.75, 3.05) is 25.0 Å². The van der Waals surface area contributed by atoms with Crippen LogP contribution in [-0.2, 0) is 10.9 Å². The van der Waals surface area contributed by atoms with Crippen molar-refractivity contribution in [3.8, 4) is 0 Å². The maximum Gasteiger partial charge on any atom is 0.418 e. The Morgan fingerprint density at radius 3 is 2.35 bits per heavy atom. The number of nitrogens with one attached hydrogen (secondary N) is 1. The molecule has 31 heavy (non-hydrogen) atoms. The summed E-state index contributed by atoms with van der Waals surface area (Å²) in [5, 5.41) is 3.00. The van der Waals surface area contributed by atoms with Gasteiger partial charge in [-0.2, -0.15) is 13.2 Å². The summed E-state index contributed by atoms with van der Waals surface area (Å²) >= 11 is 5.38. The number of hydrogen-bond donors (Lipinski definition) is 1. The average Bonchev–Trinajstić information content (AvgIpc) is 3.15. The van der Waals surface area contributed by atoms with Crippen LogP contribution in [-0.4, -0.2) is 46.7 Å². The van der Waals surface area contributed by atoms with E-state index in [2.05, 4.69) is 5.32 Å². The van der Waals surface area contributed by atoms with Crippen LogP contribution in [0.4, 0.5) is 23.7 Å². The van der Waals surface area contributed by atoms with Gasteiger partial charge in [0.1, 0.15) is 6.61 Å². The van der Waals surface area contributed by atoms with E-state index in [1.54, 1.807) is 4.90 Å². The molecule has 2 heterocycles. The Hall–Kier alpha value is -2.81. The molecule has 1 N–H and O–H groups in total. The highest BCUT2D eigenvalue weighted by Gasteiger charge is 2.40. The van der Waals surface area contributed by atoms with E-state index >= 15 is 0 Å². The number of amides is 1. The van der Waals surface area contributed by atoms with Crippen LogP contribution in [0.2, 0.25) is 0 Å². The minimum absolute atomic E-state index is 0.0123. The summed E-state index contributed by atoms with van der Waals surface area (Å²) in [6.45, 7) is 1.39. The van der Waals surface area contributed by atoms with Gasteiger partial charge in [-0.3, -0.25) is 4.90 Å². The van der Waals surface area contributed by atoms with Crippen molar-refractivity contribution < 1.29 is 22.7 Å². The van der Waals surface area contributed by atoms with Gasteiger partial charge in [-0.15, -0.1) is 0 Å². The van der Waals surface area contributed by atoms with Crippen molar-refractivity contribution in [3.05, 3.63) is 65.7 Å². The lowest BCUT2D eigenvalue weighted by Crippen LogP contribution is -2.48. The fourth-order valence-corrected chi connectivity index (χ4v) is 4.44. The number of anilines is 1. The molecule has 5 nitrogen and oxygen atoms in total. The number of carbonyl (C=O) groups is 1. The van der Waals surface area contributed by atoms with Gasteiger partial charge in [-0.1, -0.05) is 42.5 Å². The summed E-state index contributed by atoms with van der Waals surface area (Å²) in [7, 11) is 0. The quantitative estimate of drug-likeness (QED) is 0.664. The summed E-state index contributed by atoms with van der Waals surface area (Å²) < 4.78 is 45.0. The number of likely N-dealkylation sites (tertiary alicyclic amines) is 1. The normalized spacial score (nSPS) is 20.0. The lowest BCUT2D eigenvalue weighted by Gasteiger charge is -2.39. The van der Waals surface area contributed by atoms with Gasteiger partial charge in [-0.25, -0.2) is 4.79 Å². The van der Waals surface area contributed by atoms with E-state index in [0.717, 1.165) is 11.6 Å². The van der Waals surface area contributed by atoms with Crippen LogP contribution in [0.1, 0.15) is 30.0 Å². The predicted octanol–water partition coefficient (Wildman–Crippen LogP) is 5.06. The van der Waals surface area contributed by atoms with E-state index < -0.39 is 11.7 Å². The molecule has 2 aromatic rings. The molecule has 2 saturated heterocycles. The standard InChI is InChI=1S/C22H22F3N3O2S/c23-22(24,25)17-8-4-5-9-18(17)26-20(31)27-12-10-16(11-13-27)28-19(14-30-21(28)29)15-6-2-1-3-7-15/h1-9,16,19H,10-14H2,(H,26,31)/t19-/m0/s1. The van der Waals surface area contributed by atoms with Crippen molar-refractivity contribution in [2.24, 2.45) is 0 Å². The van der Waals surface area contributed by atoms with E-state index in [1.807, 2.05) is 35.2 Å². The first-order valence-electron chi connectivity index (χ1n) is 10.1. The number of para-hydroxylation sites is 1. The molecule has 4 rings (SSSR count). The van der Waals surface area contributed by atoms with Crippen molar-refractivity contribution in [1.82, 2.24) is 9.80 Å². The molecule has 0 aliphatic carbocycles. The molecule has 2 aliphatic rings. The Morgan fingerprint density at radius 2 is 1.68 bits per heavy atom. The SMILES string of the molecule is O=C1OC[C@@H](c2ccccc2)N1C1CCN(C(=S)Nc2ccccc2C(F)(F)F)CC1. The number of benzene rings is 2. The molecule has 2 aliphatic heterocycles. The Balaban J connectivity index is 1.40. The zero-order chi connectivity index (χ0) is 22.0. The van der Waals surface area contributed by atoms with Crippen LogP contribution in [0.15, 0.2) is 54.6 Å². The van der Waals surface area contributed by atoms with E-state index in [9.17, 15) is 18.0 Å². The zero-order valence-electron chi connectivity index (χ0n) is 16.6. The van der Waals surface area contributed by atoms with Crippen molar-refractivity contribution in [1.29, 1.82) is 0 Å². The van der Waals surface area contributed by atoms with Gasteiger partial charge in [-0.05, 0) is 42.8 Å². The molecule has 0 bridgehead atoms. The number of ether oxygens (including phenoxy) is 1. The van der Waals surface area contributed by atoms with Crippen molar-refractivity contribution >= 4 is 29.1 Å². The first kappa shape index (κ1) is 21.4. The Morgan fingerprint density at radius 1 is 1.03 bits per heavy atom. The van der Waals surface area contributed by atoms with E-state index in [4.69, 9.17) is 17.0 Å². The molecule has 0 unspecified atom stereocenters. The second kappa shape index (κ2) is 8.74. The number of rotatable bonds is 3. The fraction of sp³-hybridized carbons (Fsp3) is 0.364. The number of thiocarbonyl (C=S) groups is 1. The summed E-state index contributed by atoms with van der Waals surface area (Å²) in [6.07, 6.45) is -3.48. The van der Waals surface area contributed by atoms with Gasteiger partial charge in [0.15, 0.2) is 5.11 Å². The minimum Gasteiger partial charge on any atom is -0.447 e. The molecule has 0 aromatic heterocycles. The second-order valence-electron chi connectivity index (χ2n) is 7.60. The summed E-state index contributed by atoms with van der Waals surface area (Å²) in [5.74, 6) is 0. The lowest BCUT2D eigenvalue weighted by molar-refractivity contribution is -0.136. The van der Waals surface area contributed by atoms with E-state index in [-0.39, 0.29) is 29.0 Å². The third-order valence-electron chi connectivity index (χ3n) is 5.71. The highest BCUT2D eigenvalue weighted by molar-refractivity contribution is 7.80. The maximum absolute atomic E-state index is 13.2. The second-order valence-corrected chi connectivity index (χ2v) is 7.99. The number of halogens is 3. The molecular formula is C22H22F3N3O2S. The molecule has 0 radical (unpaired) electrons. The van der Waals surface area contributed by atoms with Gasteiger partial charge in [0.05, 0.1) is 17.3 Å². The summed E-state index contributed by atoms with van der Waals surface area (Å²) in [6, 6.07) is 14.9. The van der Waals surface area contributed by atoms with Crippen molar-refractivity contribution in [3.63, 3.8) is 0 Å². The molecule has 9 heteroatoms. The van der Waals surface area contributed by atoms with Crippen LogP contribution in [0.3, 0.4) is 0 Å². The average molecular weight is 449 g/mol. The topological polar surface area (TPSA) is 44.8 Å². The third-order valence-corrected chi connectivity index (χ3v) is 6.08. The largest absolute Gasteiger partial charge is 0.447 e.